The van der Waals surface area contributed by atoms with Crippen molar-refractivity contribution in [1.29, 1.82) is 0 Å². The van der Waals surface area contributed by atoms with E-state index in [1.165, 1.54) is 12.7 Å². The van der Waals surface area contributed by atoms with Gasteiger partial charge < -0.3 is 20.7 Å². The number of ether oxygens (including phenoxy) is 1. The van der Waals surface area contributed by atoms with Crippen molar-refractivity contribution in [3.8, 4) is 0 Å². The number of aliphatic hydroxyl groups excluding tert-OH is 2. The maximum atomic E-state index is 9.93. The summed E-state index contributed by atoms with van der Waals surface area (Å²) < 4.78 is 7.26. The van der Waals surface area contributed by atoms with Crippen LogP contribution in [-0.4, -0.2) is 53.4 Å². The first-order valence-electron chi connectivity index (χ1n) is 5.65. The lowest BCUT2D eigenvalue weighted by molar-refractivity contribution is -0.0430. The highest BCUT2D eigenvalue weighted by Gasteiger charge is 2.43. The molecule has 8 nitrogen and oxygen atoms in total. The maximum Gasteiger partial charge on any atom is 0.167 e. The average molecular weight is 330 g/mol. The van der Waals surface area contributed by atoms with E-state index in [4.69, 9.17) is 15.6 Å². The fourth-order valence-corrected chi connectivity index (χ4v) is 2.85. The fraction of sp³-hybridized carbons (Fsp3) is 0.500. The van der Waals surface area contributed by atoms with Crippen molar-refractivity contribution in [3.63, 3.8) is 0 Å². The molecule has 0 aromatic carbocycles. The molecule has 4 unspecified atom stereocenters. The van der Waals surface area contributed by atoms with Gasteiger partial charge in [0.2, 0.25) is 0 Å². The SMILES string of the molecule is Nc1ncnc2c1ncn2C1OC(CO)C(O)C1Br. The lowest BCUT2D eigenvalue weighted by atomic mass is 10.2. The zero-order valence-corrected chi connectivity index (χ0v) is 11.3. The lowest BCUT2D eigenvalue weighted by Crippen LogP contribution is -2.29. The van der Waals surface area contributed by atoms with Crippen LogP contribution in [0.2, 0.25) is 0 Å². The maximum absolute atomic E-state index is 9.93. The van der Waals surface area contributed by atoms with Crippen molar-refractivity contribution in [3.05, 3.63) is 12.7 Å². The smallest absolute Gasteiger partial charge is 0.167 e. The van der Waals surface area contributed by atoms with Gasteiger partial charge in [-0.25, -0.2) is 15.0 Å². The zero-order chi connectivity index (χ0) is 13.6. The van der Waals surface area contributed by atoms with Crippen molar-refractivity contribution in [2.75, 3.05) is 12.3 Å². The van der Waals surface area contributed by atoms with E-state index in [2.05, 4.69) is 30.9 Å². The Morgan fingerprint density at radius 3 is 2.89 bits per heavy atom. The second-order valence-corrected chi connectivity index (χ2v) is 5.32. The summed E-state index contributed by atoms with van der Waals surface area (Å²) in [6, 6.07) is 0. The molecule has 0 aliphatic carbocycles. The van der Waals surface area contributed by atoms with Crippen LogP contribution >= 0.6 is 15.9 Å². The number of fused-ring (bicyclic) bond motifs is 1. The highest BCUT2D eigenvalue weighted by Crippen LogP contribution is 2.36. The number of imidazole rings is 1. The van der Waals surface area contributed by atoms with Crippen LogP contribution in [0.25, 0.3) is 11.2 Å². The van der Waals surface area contributed by atoms with Crippen LogP contribution in [0.1, 0.15) is 6.23 Å². The minimum atomic E-state index is -0.813. The summed E-state index contributed by atoms with van der Waals surface area (Å²) in [6.07, 6.45) is 0.888. The molecule has 4 atom stereocenters. The van der Waals surface area contributed by atoms with E-state index in [0.717, 1.165) is 0 Å². The highest BCUT2D eigenvalue weighted by atomic mass is 79.9. The minimum absolute atomic E-state index is 0.260. The van der Waals surface area contributed by atoms with Gasteiger partial charge in [-0.1, -0.05) is 15.9 Å². The Morgan fingerprint density at radius 1 is 1.42 bits per heavy atom. The summed E-state index contributed by atoms with van der Waals surface area (Å²) in [5, 5.41) is 19.1. The highest BCUT2D eigenvalue weighted by molar-refractivity contribution is 9.09. The number of halogens is 1. The molecule has 0 amide bonds. The van der Waals surface area contributed by atoms with Gasteiger partial charge in [-0.2, -0.15) is 0 Å². The predicted molar refractivity (Wildman–Crippen MR) is 69.5 cm³/mol. The van der Waals surface area contributed by atoms with Crippen LogP contribution in [0.5, 0.6) is 0 Å². The summed E-state index contributed by atoms with van der Waals surface area (Å²) >= 11 is 3.37. The van der Waals surface area contributed by atoms with Crippen LogP contribution in [0.4, 0.5) is 5.82 Å². The van der Waals surface area contributed by atoms with E-state index in [1.54, 1.807) is 4.57 Å². The number of hydrogen-bond acceptors (Lipinski definition) is 7. The second kappa shape index (κ2) is 4.67. The summed E-state index contributed by atoms with van der Waals surface area (Å²) in [5.74, 6) is 0.284. The Balaban J connectivity index is 2.04. The number of nitrogens with two attached hydrogens (primary N) is 1. The molecule has 4 N–H and O–H groups in total. The normalized spacial score (nSPS) is 31.1. The van der Waals surface area contributed by atoms with Crippen molar-refractivity contribution >= 4 is 32.9 Å². The minimum Gasteiger partial charge on any atom is -0.394 e. The molecule has 3 heterocycles. The second-order valence-electron chi connectivity index (χ2n) is 4.27. The molecule has 19 heavy (non-hydrogen) atoms. The van der Waals surface area contributed by atoms with Gasteiger partial charge in [0, 0.05) is 0 Å². The van der Waals surface area contributed by atoms with Crippen LogP contribution in [0.3, 0.4) is 0 Å². The van der Waals surface area contributed by atoms with Gasteiger partial charge in [-0.15, -0.1) is 0 Å². The Kier molecular flexibility index (Phi) is 3.13. The number of hydrogen-bond donors (Lipinski definition) is 3. The molecule has 1 saturated heterocycles. The molecule has 2 aromatic rings. The van der Waals surface area contributed by atoms with E-state index in [9.17, 15) is 5.11 Å². The summed E-state index contributed by atoms with van der Waals surface area (Å²) in [4.78, 5) is 11.7. The molecule has 1 aliphatic heterocycles. The Labute approximate surface area is 116 Å². The number of alkyl halides is 1. The van der Waals surface area contributed by atoms with Gasteiger partial charge >= 0.3 is 0 Å². The van der Waals surface area contributed by atoms with E-state index in [0.29, 0.717) is 11.2 Å². The average Bonchev–Trinajstić information content (AvgIpc) is 2.94. The fourth-order valence-electron chi connectivity index (χ4n) is 2.13. The molecule has 0 saturated carbocycles. The van der Waals surface area contributed by atoms with Crippen LogP contribution < -0.4 is 5.73 Å². The topological polar surface area (TPSA) is 119 Å². The molecule has 1 fully saturated rings. The number of anilines is 1. The molecular formula is C10H12BrN5O3. The third-order valence-electron chi connectivity index (χ3n) is 3.13. The van der Waals surface area contributed by atoms with Crippen molar-refractivity contribution in [1.82, 2.24) is 19.5 Å². The third kappa shape index (κ3) is 1.89. The first-order chi connectivity index (χ1) is 9.13. The summed E-state index contributed by atoms with van der Waals surface area (Å²) in [7, 11) is 0. The first-order valence-corrected chi connectivity index (χ1v) is 6.56. The van der Waals surface area contributed by atoms with Crippen LogP contribution in [0, 0.1) is 0 Å². The van der Waals surface area contributed by atoms with E-state index in [-0.39, 0.29) is 17.3 Å². The Hall–Kier alpha value is -1.29. The monoisotopic (exact) mass is 329 g/mol. The van der Waals surface area contributed by atoms with Crippen LogP contribution in [-0.2, 0) is 4.74 Å². The molecule has 2 aromatic heterocycles. The number of nitrogens with zero attached hydrogens (tertiary/aromatic N) is 4. The Bertz CT molecular complexity index is 606. The Morgan fingerprint density at radius 2 is 2.21 bits per heavy atom. The van der Waals surface area contributed by atoms with E-state index >= 15 is 0 Å². The van der Waals surface area contributed by atoms with Gasteiger partial charge in [-0.05, 0) is 0 Å². The predicted octanol–water partition coefficient (Wildman–Crippen LogP) is -0.577. The largest absolute Gasteiger partial charge is 0.394 e. The quantitative estimate of drug-likeness (QED) is 0.630. The first kappa shape index (κ1) is 12.7. The summed E-state index contributed by atoms with van der Waals surface area (Å²) in [5.41, 5.74) is 6.72. The van der Waals surface area contributed by atoms with E-state index in [1.807, 2.05) is 0 Å². The third-order valence-corrected chi connectivity index (χ3v) is 4.13. The van der Waals surface area contributed by atoms with Crippen LogP contribution in [0.15, 0.2) is 12.7 Å². The molecular weight excluding hydrogens is 318 g/mol. The van der Waals surface area contributed by atoms with E-state index < -0.39 is 18.4 Å². The number of nitrogen functional groups attached to an aromatic ring is 1. The van der Waals surface area contributed by atoms with Gasteiger partial charge in [-0.3, -0.25) is 4.57 Å². The summed E-state index contributed by atoms with van der Waals surface area (Å²) in [6.45, 7) is -0.260. The van der Waals surface area contributed by atoms with Crippen molar-refractivity contribution in [2.24, 2.45) is 0 Å². The molecule has 0 bridgehead atoms. The number of aliphatic hydroxyl groups is 2. The molecule has 102 valence electrons. The zero-order valence-electron chi connectivity index (χ0n) is 9.72. The number of rotatable bonds is 2. The lowest BCUT2D eigenvalue weighted by Gasteiger charge is -2.16. The molecule has 9 heteroatoms. The van der Waals surface area contributed by atoms with Gasteiger partial charge in [0.05, 0.1) is 23.9 Å². The van der Waals surface area contributed by atoms with Crippen molar-refractivity contribution < 1.29 is 14.9 Å². The standard InChI is InChI=1S/C10H12BrN5O3/c11-5-7(18)4(1-17)19-10(5)16-3-15-6-8(12)13-2-14-9(6)16/h2-5,7,10,17-18H,1H2,(H2,12,13,14). The molecule has 0 spiro atoms. The number of aromatic nitrogens is 4. The molecule has 3 rings (SSSR count). The van der Waals surface area contributed by atoms with Crippen molar-refractivity contribution in [2.45, 2.75) is 23.3 Å². The molecule has 1 aliphatic rings. The van der Waals surface area contributed by atoms with Gasteiger partial charge in [0.15, 0.2) is 17.7 Å². The van der Waals surface area contributed by atoms with Gasteiger partial charge in [0.1, 0.15) is 17.9 Å². The van der Waals surface area contributed by atoms with Gasteiger partial charge in [0.25, 0.3) is 0 Å². The molecule has 0 radical (unpaired) electrons.